The van der Waals surface area contributed by atoms with Crippen molar-refractivity contribution in [3.05, 3.63) is 47.7 Å². The zero-order valence-electron chi connectivity index (χ0n) is 16.1. The lowest BCUT2D eigenvalue weighted by Crippen LogP contribution is -2.51. The molecule has 1 amide bonds. The standard InChI is InChI=1S/C21H22F3N3O2/c1-29-19-10-8-16(12-25-19)27-13-26(15-5-3-2-4-6-15)18-11-14(21(22,23)24)7-9-17(18)20(27)28/h7-12,15H,2-6,13H2,1H3. The SMILES string of the molecule is COc1ccc(N2CN(C3CCCCC3)c3cc(C(F)(F)F)ccc3C2=O)cn1. The van der Waals surface area contributed by atoms with Crippen LogP contribution < -0.4 is 14.5 Å². The molecule has 2 heterocycles. The Morgan fingerprint density at radius 2 is 1.86 bits per heavy atom. The smallest absolute Gasteiger partial charge is 0.416 e. The highest BCUT2D eigenvalue weighted by Gasteiger charge is 2.38. The van der Waals surface area contributed by atoms with Gasteiger partial charge < -0.3 is 9.64 Å². The highest BCUT2D eigenvalue weighted by atomic mass is 19.4. The van der Waals surface area contributed by atoms with E-state index in [1.807, 2.05) is 4.90 Å². The van der Waals surface area contributed by atoms with Gasteiger partial charge in [0.1, 0.15) is 0 Å². The number of rotatable bonds is 3. The van der Waals surface area contributed by atoms with Crippen LogP contribution in [0.25, 0.3) is 0 Å². The summed E-state index contributed by atoms with van der Waals surface area (Å²) in [7, 11) is 1.51. The fraction of sp³-hybridized carbons (Fsp3) is 0.429. The summed E-state index contributed by atoms with van der Waals surface area (Å²) in [6, 6.07) is 6.89. The molecule has 0 N–H and O–H groups in total. The van der Waals surface area contributed by atoms with Gasteiger partial charge in [-0.1, -0.05) is 19.3 Å². The second-order valence-corrected chi connectivity index (χ2v) is 7.42. The molecule has 0 spiro atoms. The highest BCUT2D eigenvalue weighted by Crippen LogP contribution is 2.39. The maximum atomic E-state index is 13.3. The van der Waals surface area contributed by atoms with Gasteiger partial charge in [-0.15, -0.1) is 0 Å². The molecule has 29 heavy (non-hydrogen) atoms. The molecule has 8 heteroatoms. The number of carbonyl (C=O) groups is 1. The summed E-state index contributed by atoms with van der Waals surface area (Å²) >= 11 is 0. The van der Waals surface area contributed by atoms with Crippen molar-refractivity contribution in [2.45, 2.75) is 44.3 Å². The van der Waals surface area contributed by atoms with Gasteiger partial charge in [-0.05, 0) is 37.1 Å². The maximum Gasteiger partial charge on any atom is 0.416 e. The van der Waals surface area contributed by atoms with Crippen LogP contribution in [0.15, 0.2) is 36.5 Å². The number of nitrogens with zero attached hydrogens (tertiary/aromatic N) is 3. The summed E-state index contributed by atoms with van der Waals surface area (Å²) in [5, 5.41) is 0. The van der Waals surface area contributed by atoms with Crippen LogP contribution in [-0.2, 0) is 6.18 Å². The van der Waals surface area contributed by atoms with E-state index in [0.717, 1.165) is 44.2 Å². The van der Waals surface area contributed by atoms with Crippen LogP contribution in [0.4, 0.5) is 24.5 Å². The number of amides is 1. The molecular formula is C21H22F3N3O2. The number of aromatic nitrogens is 1. The van der Waals surface area contributed by atoms with E-state index in [4.69, 9.17) is 4.74 Å². The molecular weight excluding hydrogens is 383 g/mol. The molecule has 2 aromatic rings. The van der Waals surface area contributed by atoms with E-state index in [1.165, 1.54) is 13.2 Å². The molecule has 2 aliphatic rings. The summed E-state index contributed by atoms with van der Waals surface area (Å²) in [4.78, 5) is 20.8. The lowest BCUT2D eigenvalue weighted by Gasteiger charge is -2.43. The zero-order chi connectivity index (χ0) is 20.6. The van der Waals surface area contributed by atoms with E-state index in [9.17, 15) is 18.0 Å². The first-order valence-electron chi connectivity index (χ1n) is 9.68. The van der Waals surface area contributed by atoms with Crippen molar-refractivity contribution in [2.24, 2.45) is 0 Å². The number of ether oxygens (including phenoxy) is 1. The van der Waals surface area contributed by atoms with Gasteiger partial charge in [0.2, 0.25) is 5.88 Å². The molecule has 1 aliphatic heterocycles. The first kappa shape index (κ1) is 19.5. The van der Waals surface area contributed by atoms with Gasteiger partial charge in [-0.2, -0.15) is 13.2 Å². The predicted molar refractivity (Wildman–Crippen MR) is 103 cm³/mol. The number of carbonyl (C=O) groups excluding carboxylic acids is 1. The average Bonchev–Trinajstić information content (AvgIpc) is 2.74. The lowest BCUT2D eigenvalue weighted by molar-refractivity contribution is -0.137. The van der Waals surface area contributed by atoms with Gasteiger partial charge in [0.15, 0.2) is 0 Å². The van der Waals surface area contributed by atoms with Crippen LogP contribution in [0.3, 0.4) is 0 Å². The summed E-state index contributed by atoms with van der Waals surface area (Å²) in [5.74, 6) is 0.102. The molecule has 0 saturated heterocycles. The first-order valence-corrected chi connectivity index (χ1v) is 9.68. The summed E-state index contributed by atoms with van der Waals surface area (Å²) < 4.78 is 45.0. The van der Waals surface area contributed by atoms with E-state index < -0.39 is 11.7 Å². The van der Waals surface area contributed by atoms with Crippen molar-refractivity contribution in [3.63, 3.8) is 0 Å². The van der Waals surface area contributed by atoms with E-state index in [2.05, 4.69) is 4.98 Å². The second-order valence-electron chi connectivity index (χ2n) is 7.42. The third-order valence-electron chi connectivity index (χ3n) is 5.66. The minimum atomic E-state index is -4.45. The number of benzene rings is 1. The lowest BCUT2D eigenvalue weighted by atomic mass is 9.92. The number of hydrogen-bond acceptors (Lipinski definition) is 4. The van der Waals surface area contributed by atoms with Crippen molar-refractivity contribution in [2.75, 3.05) is 23.6 Å². The Hall–Kier alpha value is -2.77. The Morgan fingerprint density at radius 3 is 2.48 bits per heavy atom. The third-order valence-corrected chi connectivity index (χ3v) is 5.66. The summed E-state index contributed by atoms with van der Waals surface area (Å²) in [6.45, 7) is 0.200. The molecule has 0 bridgehead atoms. The Labute approximate surface area is 167 Å². The first-order chi connectivity index (χ1) is 13.9. The topological polar surface area (TPSA) is 45.7 Å². The van der Waals surface area contributed by atoms with E-state index >= 15 is 0 Å². The van der Waals surface area contributed by atoms with Crippen LogP contribution >= 0.6 is 0 Å². The van der Waals surface area contributed by atoms with Crippen LogP contribution in [0, 0.1) is 0 Å². The van der Waals surface area contributed by atoms with E-state index in [1.54, 1.807) is 23.2 Å². The fourth-order valence-corrected chi connectivity index (χ4v) is 4.12. The van der Waals surface area contributed by atoms with Crippen molar-refractivity contribution in [1.29, 1.82) is 0 Å². The fourth-order valence-electron chi connectivity index (χ4n) is 4.12. The molecule has 0 unspecified atom stereocenters. The third kappa shape index (κ3) is 3.75. The number of methoxy groups -OCH3 is 1. The molecule has 5 nitrogen and oxygen atoms in total. The molecule has 1 saturated carbocycles. The van der Waals surface area contributed by atoms with Crippen molar-refractivity contribution in [1.82, 2.24) is 4.98 Å². The summed E-state index contributed by atoms with van der Waals surface area (Å²) in [6.07, 6.45) is 2.10. The monoisotopic (exact) mass is 405 g/mol. The average molecular weight is 405 g/mol. The number of alkyl halides is 3. The highest BCUT2D eigenvalue weighted by molar-refractivity contribution is 6.11. The minimum Gasteiger partial charge on any atom is -0.481 e. The quantitative estimate of drug-likeness (QED) is 0.731. The Morgan fingerprint density at radius 1 is 1.10 bits per heavy atom. The molecule has 1 aliphatic carbocycles. The van der Waals surface area contributed by atoms with Gasteiger partial charge >= 0.3 is 6.18 Å². The van der Waals surface area contributed by atoms with Crippen molar-refractivity contribution >= 4 is 17.3 Å². The van der Waals surface area contributed by atoms with E-state index in [0.29, 0.717) is 17.3 Å². The molecule has 1 aromatic carbocycles. The van der Waals surface area contributed by atoms with E-state index in [-0.39, 0.29) is 24.2 Å². The van der Waals surface area contributed by atoms with Gasteiger partial charge in [-0.3, -0.25) is 9.69 Å². The largest absolute Gasteiger partial charge is 0.481 e. The van der Waals surface area contributed by atoms with Gasteiger partial charge in [0.05, 0.1) is 42.5 Å². The van der Waals surface area contributed by atoms with Crippen molar-refractivity contribution < 1.29 is 22.7 Å². The maximum absolute atomic E-state index is 13.3. The van der Waals surface area contributed by atoms with Gasteiger partial charge in [0.25, 0.3) is 5.91 Å². The number of halogens is 3. The Kier molecular flexibility index (Phi) is 5.10. The number of hydrogen-bond donors (Lipinski definition) is 0. The number of fused-ring (bicyclic) bond motifs is 1. The number of anilines is 2. The molecule has 0 radical (unpaired) electrons. The minimum absolute atomic E-state index is 0.104. The zero-order valence-corrected chi connectivity index (χ0v) is 16.1. The molecule has 154 valence electrons. The molecule has 0 atom stereocenters. The molecule has 4 rings (SSSR count). The Bertz CT molecular complexity index is 893. The molecule has 1 aromatic heterocycles. The van der Waals surface area contributed by atoms with Crippen LogP contribution in [0.2, 0.25) is 0 Å². The normalized spacial score (nSPS) is 18.0. The Balaban J connectivity index is 1.76. The van der Waals surface area contributed by atoms with Gasteiger partial charge in [0, 0.05) is 12.1 Å². The molecule has 1 fully saturated rings. The van der Waals surface area contributed by atoms with Crippen LogP contribution in [0.5, 0.6) is 5.88 Å². The van der Waals surface area contributed by atoms with Crippen molar-refractivity contribution in [3.8, 4) is 5.88 Å². The number of pyridine rings is 1. The van der Waals surface area contributed by atoms with Crippen LogP contribution in [-0.4, -0.2) is 30.7 Å². The predicted octanol–water partition coefficient (Wildman–Crippen LogP) is 4.87. The van der Waals surface area contributed by atoms with Crippen LogP contribution in [0.1, 0.15) is 48.0 Å². The summed E-state index contributed by atoms with van der Waals surface area (Å²) in [5.41, 5.74) is 0.506. The second kappa shape index (κ2) is 7.57. The van der Waals surface area contributed by atoms with Gasteiger partial charge in [-0.25, -0.2) is 4.98 Å².